The molecule has 0 saturated heterocycles. The molecule has 4 nitrogen and oxygen atoms in total. The molecule has 0 saturated carbocycles. The molecular weight excluding hydrogens is 324 g/mol. The van der Waals surface area contributed by atoms with Gasteiger partial charge in [0.2, 0.25) is 5.76 Å². The van der Waals surface area contributed by atoms with Crippen molar-refractivity contribution in [1.29, 1.82) is 0 Å². The number of methoxy groups -OCH3 is 1. The highest BCUT2D eigenvalue weighted by molar-refractivity contribution is 7.98. The van der Waals surface area contributed by atoms with Gasteiger partial charge < -0.3 is 9.15 Å². The summed E-state index contributed by atoms with van der Waals surface area (Å²) in [6.07, 6.45) is 1.03. The number of ether oxygens (including phenoxy) is 1. The van der Waals surface area contributed by atoms with Gasteiger partial charge in [-0.1, -0.05) is 19.9 Å². The van der Waals surface area contributed by atoms with Crippen LogP contribution < -0.4 is 5.43 Å². The lowest BCUT2D eigenvalue weighted by molar-refractivity contribution is 0.0561. The third kappa shape index (κ3) is 2.67. The Morgan fingerprint density at radius 3 is 2.83 bits per heavy atom. The molecule has 1 aromatic carbocycles. The molecule has 0 fully saturated rings. The maximum atomic E-state index is 12.7. The molecule has 24 heavy (non-hydrogen) atoms. The summed E-state index contributed by atoms with van der Waals surface area (Å²) in [4.78, 5) is 25.7. The summed E-state index contributed by atoms with van der Waals surface area (Å²) >= 11 is 1.63. The number of benzene rings is 1. The molecule has 3 rings (SSSR count). The zero-order valence-electron chi connectivity index (χ0n) is 14.3. The van der Waals surface area contributed by atoms with Crippen molar-refractivity contribution in [1.82, 2.24) is 0 Å². The van der Waals surface area contributed by atoms with Crippen LogP contribution in [-0.2, 0) is 10.5 Å². The molecule has 126 valence electrons. The average Bonchev–Trinajstić information content (AvgIpc) is 2.62. The van der Waals surface area contributed by atoms with Gasteiger partial charge in [-0.3, -0.25) is 4.79 Å². The van der Waals surface area contributed by atoms with Gasteiger partial charge in [-0.25, -0.2) is 4.79 Å². The second kappa shape index (κ2) is 6.48. The monoisotopic (exact) mass is 344 g/mol. The summed E-state index contributed by atoms with van der Waals surface area (Å²) in [6, 6.07) is 6.27. The predicted octanol–water partition coefficient (Wildman–Crippen LogP) is 4.52. The van der Waals surface area contributed by atoms with E-state index >= 15 is 0 Å². The number of carbonyl (C=O) groups is 1. The Bertz CT molecular complexity index is 866. The molecule has 0 spiro atoms. The number of hydrogen-bond donors (Lipinski definition) is 0. The highest BCUT2D eigenvalue weighted by atomic mass is 32.2. The minimum Gasteiger partial charge on any atom is -0.463 e. The van der Waals surface area contributed by atoms with E-state index in [9.17, 15) is 9.59 Å². The first-order valence-electron chi connectivity index (χ1n) is 7.99. The van der Waals surface area contributed by atoms with Crippen LogP contribution in [0, 0.1) is 6.92 Å². The number of hydrogen-bond acceptors (Lipinski definition) is 5. The minimum atomic E-state index is -0.620. The molecule has 1 aliphatic rings. The van der Waals surface area contributed by atoms with Gasteiger partial charge in [-0.15, -0.1) is 11.8 Å². The lowest BCUT2D eigenvalue weighted by Crippen LogP contribution is -2.20. The molecule has 0 radical (unpaired) electrons. The SMILES string of the molecule is CCC(C)c1ccc2c(c1)-c1oc(C(=O)OC)c(C)c(=O)c1CS2. The van der Waals surface area contributed by atoms with Gasteiger partial charge in [0.05, 0.1) is 12.7 Å². The molecule has 0 N–H and O–H groups in total. The summed E-state index contributed by atoms with van der Waals surface area (Å²) in [6.45, 7) is 5.92. The Balaban J connectivity index is 2.25. The largest absolute Gasteiger partial charge is 0.463 e. The van der Waals surface area contributed by atoms with E-state index in [0.717, 1.165) is 16.9 Å². The summed E-state index contributed by atoms with van der Waals surface area (Å²) in [5.74, 6) is 0.849. The number of rotatable bonds is 3. The molecule has 1 aromatic heterocycles. The fraction of sp³-hybridized carbons (Fsp3) is 0.368. The second-order valence-corrected chi connectivity index (χ2v) is 7.06. The van der Waals surface area contributed by atoms with Gasteiger partial charge in [0.25, 0.3) is 0 Å². The van der Waals surface area contributed by atoms with E-state index in [1.807, 2.05) is 0 Å². The smallest absolute Gasteiger partial charge is 0.374 e. The number of fused-ring (bicyclic) bond motifs is 3. The van der Waals surface area contributed by atoms with E-state index in [1.165, 1.54) is 12.7 Å². The first-order chi connectivity index (χ1) is 11.5. The predicted molar refractivity (Wildman–Crippen MR) is 94.8 cm³/mol. The lowest BCUT2D eigenvalue weighted by Gasteiger charge is -2.21. The fourth-order valence-electron chi connectivity index (χ4n) is 2.85. The van der Waals surface area contributed by atoms with Gasteiger partial charge in [-0.05, 0) is 37.0 Å². The average molecular weight is 344 g/mol. The number of carbonyl (C=O) groups excluding carboxylic acids is 1. The summed E-state index contributed by atoms with van der Waals surface area (Å²) < 4.78 is 10.6. The third-order valence-electron chi connectivity index (χ3n) is 4.61. The minimum absolute atomic E-state index is 0.00644. The number of thioether (sulfide) groups is 1. The standard InChI is InChI=1S/C19H20O4S/c1-5-10(2)12-6-7-15-13(8-12)18-14(9-24-15)16(20)11(3)17(23-18)19(21)22-4/h6-8,10H,5,9H2,1-4H3. The van der Waals surface area contributed by atoms with Crippen LogP contribution in [0.3, 0.4) is 0 Å². The van der Waals surface area contributed by atoms with Gasteiger partial charge >= 0.3 is 5.97 Å². The van der Waals surface area contributed by atoms with Gasteiger partial charge in [-0.2, -0.15) is 0 Å². The molecule has 5 heteroatoms. The van der Waals surface area contributed by atoms with E-state index < -0.39 is 5.97 Å². The second-order valence-electron chi connectivity index (χ2n) is 6.04. The van der Waals surface area contributed by atoms with Gasteiger partial charge in [0, 0.05) is 21.8 Å². The topological polar surface area (TPSA) is 56.5 Å². The Labute approximate surface area is 145 Å². The highest BCUT2D eigenvalue weighted by Gasteiger charge is 2.27. The van der Waals surface area contributed by atoms with Gasteiger partial charge in [0.15, 0.2) is 5.43 Å². The van der Waals surface area contributed by atoms with Crippen LogP contribution in [-0.4, -0.2) is 13.1 Å². The normalized spacial score (nSPS) is 13.8. The van der Waals surface area contributed by atoms with Crippen molar-refractivity contribution in [2.75, 3.05) is 7.11 Å². The van der Waals surface area contributed by atoms with Crippen LogP contribution in [0.4, 0.5) is 0 Å². The fourth-order valence-corrected chi connectivity index (χ4v) is 3.89. The Hall–Kier alpha value is -2.01. The summed E-state index contributed by atoms with van der Waals surface area (Å²) in [5.41, 5.74) is 2.89. The van der Waals surface area contributed by atoms with Crippen molar-refractivity contribution in [3.63, 3.8) is 0 Å². The highest BCUT2D eigenvalue weighted by Crippen LogP contribution is 2.42. The summed E-state index contributed by atoms with van der Waals surface area (Å²) in [5, 5.41) is 0. The molecular formula is C19H20O4S. The first kappa shape index (κ1) is 16.8. The van der Waals surface area contributed by atoms with E-state index in [4.69, 9.17) is 9.15 Å². The van der Waals surface area contributed by atoms with E-state index in [0.29, 0.717) is 28.6 Å². The lowest BCUT2D eigenvalue weighted by atomic mass is 9.95. The van der Waals surface area contributed by atoms with Crippen molar-refractivity contribution in [3.05, 3.63) is 50.9 Å². The zero-order chi connectivity index (χ0) is 17.4. The molecule has 1 atom stereocenters. The van der Waals surface area contributed by atoms with Crippen LogP contribution in [0.2, 0.25) is 0 Å². The van der Waals surface area contributed by atoms with Crippen LogP contribution in [0.15, 0.2) is 32.3 Å². The molecule has 1 aliphatic heterocycles. The first-order valence-corrected chi connectivity index (χ1v) is 8.98. The van der Waals surface area contributed by atoms with Crippen molar-refractivity contribution in [3.8, 4) is 11.3 Å². The zero-order valence-corrected chi connectivity index (χ0v) is 15.1. The summed E-state index contributed by atoms with van der Waals surface area (Å²) in [7, 11) is 1.28. The maximum absolute atomic E-state index is 12.7. The van der Waals surface area contributed by atoms with Crippen molar-refractivity contribution in [2.45, 2.75) is 43.8 Å². The maximum Gasteiger partial charge on any atom is 0.374 e. The molecule has 0 bridgehead atoms. The van der Waals surface area contributed by atoms with E-state index in [2.05, 4.69) is 32.0 Å². The number of esters is 1. The molecule has 0 amide bonds. The Morgan fingerprint density at radius 1 is 1.42 bits per heavy atom. The molecule has 0 aliphatic carbocycles. The van der Waals surface area contributed by atoms with Gasteiger partial charge in [0.1, 0.15) is 5.76 Å². The molecule has 2 heterocycles. The van der Waals surface area contributed by atoms with Crippen molar-refractivity contribution >= 4 is 17.7 Å². The van der Waals surface area contributed by atoms with Crippen LogP contribution in [0.25, 0.3) is 11.3 Å². The molecule has 1 unspecified atom stereocenters. The quantitative estimate of drug-likeness (QED) is 0.766. The Kier molecular flexibility index (Phi) is 4.54. The van der Waals surface area contributed by atoms with Crippen molar-refractivity contribution in [2.24, 2.45) is 0 Å². The van der Waals surface area contributed by atoms with Crippen LogP contribution in [0.1, 0.15) is 53.4 Å². The van der Waals surface area contributed by atoms with E-state index in [1.54, 1.807) is 18.7 Å². The van der Waals surface area contributed by atoms with E-state index in [-0.39, 0.29) is 11.2 Å². The van der Waals surface area contributed by atoms with Crippen molar-refractivity contribution < 1.29 is 13.9 Å². The molecule has 2 aromatic rings. The Morgan fingerprint density at radius 2 is 2.17 bits per heavy atom. The van der Waals surface area contributed by atoms with Crippen LogP contribution >= 0.6 is 11.8 Å². The van der Waals surface area contributed by atoms with Crippen LogP contribution in [0.5, 0.6) is 0 Å². The third-order valence-corrected chi connectivity index (χ3v) is 5.71.